The van der Waals surface area contributed by atoms with Crippen LogP contribution in [0, 0.1) is 6.92 Å². The molecule has 9 nitrogen and oxygen atoms in total. The van der Waals surface area contributed by atoms with Crippen LogP contribution in [0.4, 0.5) is 5.69 Å². The first-order valence-corrected chi connectivity index (χ1v) is 9.74. The highest BCUT2D eigenvalue weighted by molar-refractivity contribution is 6.24. The average molecular weight is 431 g/mol. The second-order valence-corrected chi connectivity index (χ2v) is 6.80. The summed E-state index contributed by atoms with van der Waals surface area (Å²) in [6.07, 6.45) is 3.10. The summed E-state index contributed by atoms with van der Waals surface area (Å²) in [6, 6.07) is 16.3. The van der Waals surface area contributed by atoms with Gasteiger partial charge >= 0.3 is 0 Å². The Hall–Kier alpha value is -4.40. The number of hydrogen-bond donors (Lipinski definition) is 1. The van der Waals surface area contributed by atoms with Gasteiger partial charge in [-0.15, -0.1) is 5.10 Å². The van der Waals surface area contributed by atoms with Gasteiger partial charge in [0.25, 0.3) is 5.91 Å². The van der Waals surface area contributed by atoms with Gasteiger partial charge in [0.05, 0.1) is 20.5 Å². The fourth-order valence-electron chi connectivity index (χ4n) is 3.15. The lowest BCUT2D eigenvalue weighted by Crippen LogP contribution is -2.20. The van der Waals surface area contributed by atoms with Crippen molar-refractivity contribution in [2.24, 2.45) is 0 Å². The van der Waals surface area contributed by atoms with Crippen LogP contribution in [-0.4, -0.2) is 40.3 Å². The predicted octanol–water partition coefficient (Wildman–Crippen LogP) is 3.90. The molecule has 2 aromatic heterocycles. The molecule has 0 fully saturated rings. The van der Waals surface area contributed by atoms with Gasteiger partial charge in [0.15, 0.2) is 17.3 Å². The van der Waals surface area contributed by atoms with Gasteiger partial charge < -0.3 is 19.2 Å². The monoisotopic (exact) mass is 431 g/mol. The number of methoxy groups -OCH3 is 2. The third-order valence-electron chi connectivity index (χ3n) is 4.76. The summed E-state index contributed by atoms with van der Waals surface area (Å²) in [5.41, 5.74) is 2.30. The number of rotatable bonds is 7. The number of benzene rings is 2. The van der Waals surface area contributed by atoms with Gasteiger partial charge in [-0.2, -0.15) is 4.68 Å². The molecule has 0 radical (unpaired) electrons. The van der Waals surface area contributed by atoms with Crippen LogP contribution in [0.15, 0.2) is 65.3 Å². The van der Waals surface area contributed by atoms with Crippen molar-refractivity contribution >= 4 is 23.4 Å². The maximum absolute atomic E-state index is 13.4. The van der Waals surface area contributed by atoms with Gasteiger partial charge in [-0.05, 0) is 41.1 Å². The van der Waals surface area contributed by atoms with Crippen molar-refractivity contribution in [2.75, 3.05) is 19.5 Å². The zero-order chi connectivity index (χ0) is 22.5. The van der Waals surface area contributed by atoms with E-state index in [0.29, 0.717) is 28.8 Å². The molecule has 2 aromatic carbocycles. The summed E-state index contributed by atoms with van der Waals surface area (Å²) in [5.74, 6) is 1.54. The largest absolute Gasteiger partial charge is 0.493 e. The molecule has 0 aliphatic rings. The van der Waals surface area contributed by atoms with E-state index in [-0.39, 0.29) is 5.70 Å². The van der Waals surface area contributed by atoms with E-state index in [9.17, 15) is 4.79 Å². The van der Waals surface area contributed by atoms with Gasteiger partial charge in [-0.25, -0.2) is 0 Å². The number of carbonyl (C=O) groups is 1. The third-order valence-corrected chi connectivity index (χ3v) is 4.76. The van der Waals surface area contributed by atoms with Crippen molar-refractivity contribution < 1.29 is 18.7 Å². The lowest BCUT2D eigenvalue weighted by molar-refractivity contribution is -0.111. The average Bonchev–Trinajstić information content (AvgIpc) is 3.51. The van der Waals surface area contributed by atoms with E-state index in [1.807, 2.05) is 37.3 Å². The minimum Gasteiger partial charge on any atom is -0.493 e. The molecular weight excluding hydrogens is 410 g/mol. The Labute approximate surface area is 184 Å². The van der Waals surface area contributed by atoms with Crippen LogP contribution in [0.1, 0.15) is 11.3 Å². The molecule has 0 unspecified atom stereocenters. The number of tetrazole rings is 1. The molecular formula is C23H21N5O4. The molecule has 0 aliphatic heterocycles. The highest BCUT2D eigenvalue weighted by atomic mass is 16.5. The first kappa shape index (κ1) is 20.9. The van der Waals surface area contributed by atoms with Crippen molar-refractivity contribution in [3.05, 3.63) is 72.2 Å². The predicted molar refractivity (Wildman–Crippen MR) is 119 cm³/mol. The van der Waals surface area contributed by atoms with Crippen LogP contribution in [0.25, 0.3) is 23.2 Å². The Morgan fingerprint density at radius 1 is 1.06 bits per heavy atom. The van der Waals surface area contributed by atoms with Crippen molar-refractivity contribution in [3.63, 3.8) is 0 Å². The number of hydrogen-bond acceptors (Lipinski definition) is 7. The molecule has 1 amide bonds. The fourth-order valence-corrected chi connectivity index (χ4v) is 3.15. The van der Waals surface area contributed by atoms with Crippen molar-refractivity contribution in [3.8, 4) is 22.9 Å². The molecule has 4 aromatic rings. The van der Waals surface area contributed by atoms with Gasteiger partial charge in [0.1, 0.15) is 11.5 Å². The number of carbonyl (C=O) groups excluding carboxylic acids is 1. The summed E-state index contributed by atoms with van der Waals surface area (Å²) >= 11 is 0. The second-order valence-electron chi connectivity index (χ2n) is 6.80. The molecule has 0 aliphatic carbocycles. The van der Waals surface area contributed by atoms with Crippen LogP contribution < -0.4 is 14.8 Å². The SMILES string of the molecule is COc1cc(C)c(NC(=O)/C(=C/c2ccco2)n2nnnc2-c2ccccc2)cc1OC. The second kappa shape index (κ2) is 9.17. The molecule has 9 heteroatoms. The van der Waals surface area contributed by atoms with E-state index in [0.717, 1.165) is 11.1 Å². The van der Waals surface area contributed by atoms with Crippen molar-refractivity contribution in [1.29, 1.82) is 0 Å². The number of nitrogens with one attached hydrogen (secondary N) is 1. The summed E-state index contributed by atoms with van der Waals surface area (Å²) < 4.78 is 17.5. The third kappa shape index (κ3) is 4.22. The van der Waals surface area contributed by atoms with Crippen molar-refractivity contribution in [2.45, 2.75) is 6.92 Å². The maximum atomic E-state index is 13.4. The highest BCUT2D eigenvalue weighted by Gasteiger charge is 2.21. The summed E-state index contributed by atoms with van der Waals surface area (Å²) in [7, 11) is 3.09. The lowest BCUT2D eigenvalue weighted by atomic mass is 10.1. The number of nitrogens with zero attached hydrogens (tertiary/aromatic N) is 4. The minimum absolute atomic E-state index is 0.179. The summed E-state index contributed by atoms with van der Waals surface area (Å²) in [6.45, 7) is 1.86. The fraction of sp³-hybridized carbons (Fsp3) is 0.130. The van der Waals surface area contributed by atoms with Crippen LogP contribution in [0.5, 0.6) is 11.5 Å². The van der Waals surface area contributed by atoms with Gasteiger partial charge in [-0.1, -0.05) is 30.3 Å². The number of amides is 1. The molecule has 0 atom stereocenters. The molecule has 0 spiro atoms. The molecule has 0 saturated carbocycles. The number of ether oxygens (including phenoxy) is 2. The standard InChI is InChI=1S/C23H21N5O4/c1-15-12-20(30-2)21(31-3)14-18(15)24-23(29)19(13-17-10-7-11-32-17)28-22(25-26-27-28)16-8-5-4-6-9-16/h4-14H,1-3H3,(H,24,29)/b19-13-. The summed E-state index contributed by atoms with van der Waals surface area (Å²) in [5, 5.41) is 14.9. The number of aryl methyl sites for hydroxylation is 1. The van der Waals surface area contributed by atoms with Gasteiger partial charge in [0, 0.05) is 23.4 Å². The quantitative estimate of drug-likeness (QED) is 0.443. The molecule has 0 bridgehead atoms. The maximum Gasteiger partial charge on any atom is 0.274 e. The topological polar surface area (TPSA) is 104 Å². The minimum atomic E-state index is -0.429. The number of anilines is 1. The summed E-state index contributed by atoms with van der Waals surface area (Å²) in [4.78, 5) is 13.4. The molecule has 162 valence electrons. The Morgan fingerprint density at radius 3 is 2.50 bits per heavy atom. The van der Waals surface area contributed by atoms with E-state index < -0.39 is 5.91 Å². The number of aromatic nitrogens is 4. The zero-order valence-electron chi connectivity index (χ0n) is 17.8. The van der Waals surface area contributed by atoms with E-state index in [1.165, 1.54) is 18.1 Å². The Kier molecular flexibility index (Phi) is 5.98. The Balaban J connectivity index is 1.76. The molecule has 4 rings (SSSR count). The van der Waals surface area contributed by atoms with Crippen LogP contribution in [-0.2, 0) is 4.79 Å². The highest BCUT2D eigenvalue weighted by Crippen LogP contribution is 2.33. The van der Waals surface area contributed by atoms with Gasteiger partial charge in [0.2, 0.25) is 0 Å². The smallest absolute Gasteiger partial charge is 0.274 e. The molecule has 0 saturated heterocycles. The Bertz CT molecular complexity index is 1250. The van der Waals surface area contributed by atoms with E-state index in [2.05, 4.69) is 20.8 Å². The van der Waals surface area contributed by atoms with Crippen LogP contribution >= 0.6 is 0 Å². The molecule has 1 N–H and O–H groups in total. The normalized spacial score (nSPS) is 11.3. The number of furan rings is 1. The lowest BCUT2D eigenvalue weighted by Gasteiger charge is -2.15. The van der Waals surface area contributed by atoms with E-state index in [4.69, 9.17) is 13.9 Å². The van der Waals surface area contributed by atoms with Crippen molar-refractivity contribution in [1.82, 2.24) is 20.2 Å². The van der Waals surface area contributed by atoms with Crippen LogP contribution in [0.2, 0.25) is 0 Å². The zero-order valence-corrected chi connectivity index (χ0v) is 17.8. The van der Waals surface area contributed by atoms with Crippen LogP contribution in [0.3, 0.4) is 0 Å². The first-order chi connectivity index (χ1) is 15.6. The van der Waals surface area contributed by atoms with Gasteiger partial charge in [-0.3, -0.25) is 4.79 Å². The first-order valence-electron chi connectivity index (χ1n) is 9.74. The molecule has 32 heavy (non-hydrogen) atoms. The van der Waals surface area contributed by atoms with E-state index in [1.54, 1.807) is 37.5 Å². The molecule has 2 heterocycles. The van der Waals surface area contributed by atoms with E-state index >= 15 is 0 Å². The Morgan fingerprint density at radius 2 is 1.81 bits per heavy atom.